The number of rotatable bonds is 4. The molecule has 0 atom stereocenters. The summed E-state index contributed by atoms with van der Waals surface area (Å²) in [5.41, 5.74) is 0.872. The number of hydrogen-bond acceptors (Lipinski definition) is 3. The van der Waals surface area contributed by atoms with Crippen molar-refractivity contribution in [2.75, 3.05) is 7.11 Å². The molecule has 4 heteroatoms. The van der Waals surface area contributed by atoms with Crippen LogP contribution in [0, 0.1) is 0 Å². The first-order chi connectivity index (χ1) is 8.61. The third-order valence-electron chi connectivity index (χ3n) is 2.39. The quantitative estimate of drug-likeness (QED) is 0.822. The number of furan rings is 1. The molecule has 2 rings (SSSR count). The van der Waals surface area contributed by atoms with Gasteiger partial charge in [-0.15, -0.1) is 0 Å². The summed E-state index contributed by atoms with van der Waals surface area (Å²) in [5, 5.41) is 0.474. The molecule has 0 aliphatic rings. The summed E-state index contributed by atoms with van der Waals surface area (Å²) in [6.45, 7) is 3.89. The van der Waals surface area contributed by atoms with E-state index >= 15 is 0 Å². The number of ether oxygens (including phenoxy) is 2. The first-order valence-corrected chi connectivity index (χ1v) is 6.07. The van der Waals surface area contributed by atoms with E-state index in [4.69, 9.17) is 25.5 Å². The van der Waals surface area contributed by atoms with Gasteiger partial charge in [-0.1, -0.05) is 11.6 Å². The van der Waals surface area contributed by atoms with Crippen molar-refractivity contribution in [3.8, 4) is 22.8 Å². The van der Waals surface area contributed by atoms with E-state index in [2.05, 4.69) is 0 Å². The molecule has 0 saturated carbocycles. The van der Waals surface area contributed by atoms with Gasteiger partial charge in [0.15, 0.2) is 0 Å². The monoisotopic (exact) mass is 266 g/mol. The van der Waals surface area contributed by atoms with Crippen LogP contribution in [0.5, 0.6) is 11.5 Å². The third kappa shape index (κ3) is 2.62. The van der Waals surface area contributed by atoms with Crippen molar-refractivity contribution in [3.05, 3.63) is 35.6 Å². The van der Waals surface area contributed by atoms with Crippen LogP contribution >= 0.6 is 11.6 Å². The maximum atomic E-state index is 6.21. The lowest BCUT2D eigenvalue weighted by Crippen LogP contribution is -2.06. The molecule has 96 valence electrons. The molecule has 18 heavy (non-hydrogen) atoms. The van der Waals surface area contributed by atoms with Gasteiger partial charge >= 0.3 is 0 Å². The Morgan fingerprint density at radius 1 is 1.22 bits per heavy atom. The molecule has 0 N–H and O–H groups in total. The van der Waals surface area contributed by atoms with Crippen LogP contribution in [-0.2, 0) is 0 Å². The second-order valence-electron chi connectivity index (χ2n) is 4.13. The van der Waals surface area contributed by atoms with Crippen LogP contribution < -0.4 is 9.47 Å². The van der Waals surface area contributed by atoms with Gasteiger partial charge in [0.25, 0.3) is 0 Å². The smallest absolute Gasteiger partial charge is 0.142 e. The predicted molar refractivity (Wildman–Crippen MR) is 71.5 cm³/mol. The fourth-order valence-corrected chi connectivity index (χ4v) is 1.88. The van der Waals surface area contributed by atoms with E-state index in [9.17, 15) is 0 Å². The lowest BCUT2D eigenvalue weighted by Gasteiger charge is -2.14. The van der Waals surface area contributed by atoms with Crippen molar-refractivity contribution < 1.29 is 13.9 Å². The summed E-state index contributed by atoms with van der Waals surface area (Å²) in [5.74, 6) is 1.91. The zero-order valence-corrected chi connectivity index (χ0v) is 11.3. The molecule has 0 bridgehead atoms. The molecule has 2 aromatic rings. The van der Waals surface area contributed by atoms with Crippen LogP contribution in [0.4, 0.5) is 0 Å². The Kier molecular flexibility index (Phi) is 3.82. The maximum Gasteiger partial charge on any atom is 0.142 e. The molecule has 1 aromatic carbocycles. The van der Waals surface area contributed by atoms with E-state index in [-0.39, 0.29) is 6.10 Å². The van der Waals surface area contributed by atoms with Gasteiger partial charge in [0.2, 0.25) is 0 Å². The molecule has 0 aliphatic carbocycles. The lowest BCUT2D eigenvalue weighted by atomic mass is 10.1. The minimum Gasteiger partial charge on any atom is -0.495 e. The van der Waals surface area contributed by atoms with E-state index in [1.807, 2.05) is 38.1 Å². The van der Waals surface area contributed by atoms with Crippen molar-refractivity contribution >= 4 is 11.6 Å². The lowest BCUT2D eigenvalue weighted by molar-refractivity contribution is 0.241. The van der Waals surface area contributed by atoms with Gasteiger partial charge in [0.05, 0.1) is 19.5 Å². The van der Waals surface area contributed by atoms with Gasteiger partial charge in [0.1, 0.15) is 22.3 Å². The predicted octanol–water partition coefficient (Wildman–Crippen LogP) is 4.40. The maximum absolute atomic E-state index is 6.21. The summed E-state index contributed by atoms with van der Waals surface area (Å²) in [6.07, 6.45) is 1.67. The number of benzene rings is 1. The van der Waals surface area contributed by atoms with Gasteiger partial charge in [0, 0.05) is 5.56 Å². The average Bonchev–Trinajstić information content (AvgIpc) is 2.84. The molecule has 0 radical (unpaired) electrons. The third-order valence-corrected chi connectivity index (χ3v) is 2.77. The highest BCUT2D eigenvalue weighted by molar-refractivity contribution is 6.33. The highest BCUT2D eigenvalue weighted by atomic mass is 35.5. The molecule has 0 amide bonds. The zero-order valence-electron chi connectivity index (χ0n) is 10.6. The first-order valence-electron chi connectivity index (χ1n) is 5.70. The average molecular weight is 267 g/mol. The summed E-state index contributed by atoms with van der Waals surface area (Å²) < 4.78 is 16.3. The normalized spacial score (nSPS) is 10.7. The second-order valence-corrected chi connectivity index (χ2v) is 4.51. The van der Waals surface area contributed by atoms with Crippen LogP contribution in [0.25, 0.3) is 11.3 Å². The van der Waals surface area contributed by atoms with Crippen molar-refractivity contribution in [2.45, 2.75) is 20.0 Å². The minimum atomic E-state index is 0.0408. The Balaban J connectivity index is 2.49. The second kappa shape index (κ2) is 5.36. The highest BCUT2D eigenvalue weighted by Gasteiger charge is 2.14. The van der Waals surface area contributed by atoms with Gasteiger partial charge in [-0.2, -0.15) is 0 Å². The molecular formula is C14H15ClO3. The highest BCUT2D eigenvalue weighted by Crippen LogP contribution is 2.39. The first kappa shape index (κ1) is 12.8. The Bertz CT molecular complexity index is 518. The number of hydrogen-bond donors (Lipinski definition) is 0. The Morgan fingerprint density at radius 2 is 1.94 bits per heavy atom. The molecular weight excluding hydrogens is 252 g/mol. The SMILES string of the molecule is COc1cc(-c2ccco2)cc(OC(C)C)c1Cl. The molecule has 0 unspecified atom stereocenters. The fraction of sp³-hybridized carbons (Fsp3) is 0.286. The summed E-state index contributed by atoms with van der Waals surface area (Å²) in [4.78, 5) is 0. The van der Waals surface area contributed by atoms with Crippen LogP contribution in [0.15, 0.2) is 34.9 Å². The van der Waals surface area contributed by atoms with Crippen LogP contribution in [-0.4, -0.2) is 13.2 Å². The van der Waals surface area contributed by atoms with Gasteiger partial charge < -0.3 is 13.9 Å². The van der Waals surface area contributed by atoms with E-state index in [0.717, 1.165) is 11.3 Å². The summed E-state index contributed by atoms with van der Waals surface area (Å²) >= 11 is 6.21. The molecule has 0 aliphatic heterocycles. The Labute approximate surface area is 111 Å². The molecule has 1 heterocycles. The largest absolute Gasteiger partial charge is 0.495 e. The van der Waals surface area contributed by atoms with Crippen molar-refractivity contribution in [1.82, 2.24) is 0 Å². The topological polar surface area (TPSA) is 31.6 Å². The fourth-order valence-electron chi connectivity index (χ4n) is 1.65. The van der Waals surface area contributed by atoms with Gasteiger partial charge in [-0.3, -0.25) is 0 Å². The van der Waals surface area contributed by atoms with Crippen LogP contribution in [0.2, 0.25) is 5.02 Å². The molecule has 0 saturated heterocycles. The molecule has 3 nitrogen and oxygen atoms in total. The number of halogens is 1. The van der Waals surface area contributed by atoms with E-state index < -0.39 is 0 Å². The Morgan fingerprint density at radius 3 is 2.50 bits per heavy atom. The number of methoxy groups -OCH3 is 1. The Hall–Kier alpha value is -1.61. The van der Waals surface area contributed by atoms with Crippen molar-refractivity contribution in [3.63, 3.8) is 0 Å². The standard InChI is InChI=1S/C14H15ClO3/c1-9(2)18-13-8-10(11-5-4-6-17-11)7-12(16-3)14(13)15/h4-9H,1-3H3. The van der Waals surface area contributed by atoms with Gasteiger partial charge in [-0.25, -0.2) is 0 Å². The summed E-state index contributed by atoms with van der Waals surface area (Å²) in [7, 11) is 1.58. The minimum absolute atomic E-state index is 0.0408. The van der Waals surface area contributed by atoms with Crippen LogP contribution in [0.1, 0.15) is 13.8 Å². The van der Waals surface area contributed by atoms with Crippen LogP contribution in [0.3, 0.4) is 0 Å². The summed E-state index contributed by atoms with van der Waals surface area (Å²) in [6, 6.07) is 7.39. The van der Waals surface area contributed by atoms with Gasteiger partial charge in [-0.05, 0) is 38.1 Å². The van der Waals surface area contributed by atoms with E-state index in [1.165, 1.54) is 0 Å². The van der Waals surface area contributed by atoms with E-state index in [0.29, 0.717) is 16.5 Å². The van der Waals surface area contributed by atoms with Crippen molar-refractivity contribution in [2.24, 2.45) is 0 Å². The van der Waals surface area contributed by atoms with Crippen molar-refractivity contribution in [1.29, 1.82) is 0 Å². The molecule has 1 aromatic heterocycles. The van der Waals surface area contributed by atoms with E-state index in [1.54, 1.807) is 13.4 Å². The molecule has 0 spiro atoms. The zero-order chi connectivity index (χ0) is 13.1. The molecule has 0 fully saturated rings.